The van der Waals surface area contributed by atoms with Gasteiger partial charge in [-0.25, -0.2) is 0 Å². The van der Waals surface area contributed by atoms with Crippen LogP contribution in [0.25, 0.3) is 0 Å². The Balaban J connectivity index is 0.00000336. The molecule has 3 aromatic heterocycles. The van der Waals surface area contributed by atoms with Crippen LogP contribution in [0.2, 0.25) is 11.6 Å². The van der Waals surface area contributed by atoms with E-state index in [0.717, 1.165) is 12.8 Å². The van der Waals surface area contributed by atoms with Gasteiger partial charge < -0.3 is 30.3 Å². The number of imidazole rings is 3. The molecule has 2 N–H and O–H groups in total. The molecular formula is C27H33B2Cl3N6. The third-order valence-corrected chi connectivity index (χ3v) is 9.49. The van der Waals surface area contributed by atoms with Gasteiger partial charge in [-0.3, -0.25) is 32.9 Å². The maximum atomic E-state index is 7.64. The number of nitrogens with one attached hydrogen (secondary N) is 2. The summed E-state index contributed by atoms with van der Waals surface area (Å²) in [6, 6.07) is 21.0. The Morgan fingerprint density at radius 3 is 1.79 bits per heavy atom. The highest BCUT2D eigenvalue weighted by atomic mass is 35.5. The average molecular weight is 570 g/mol. The van der Waals surface area contributed by atoms with E-state index in [1.807, 2.05) is 49.6 Å². The topological polar surface area (TPSA) is 48.1 Å². The molecule has 0 aliphatic heterocycles. The lowest BCUT2D eigenvalue weighted by molar-refractivity contribution is -0.682. The molecule has 38 heavy (non-hydrogen) atoms. The summed E-state index contributed by atoms with van der Waals surface area (Å²) in [6.07, 6.45) is 19.5. The van der Waals surface area contributed by atoms with E-state index in [0.29, 0.717) is 0 Å². The lowest BCUT2D eigenvalue weighted by Crippen LogP contribution is -3.00. The molecule has 5 aromatic rings. The highest BCUT2D eigenvalue weighted by Crippen LogP contribution is 2.29. The lowest BCUT2D eigenvalue weighted by atomic mass is 9.57. The van der Waals surface area contributed by atoms with E-state index in [-0.39, 0.29) is 24.0 Å². The maximum absolute atomic E-state index is 7.64. The van der Waals surface area contributed by atoms with Gasteiger partial charge >= 0.3 is 11.7 Å². The second-order valence-corrected chi connectivity index (χ2v) is 11.5. The van der Waals surface area contributed by atoms with Gasteiger partial charge in [-0.15, -0.1) is 0 Å². The van der Waals surface area contributed by atoms with Gasteiger partial charge in [0.1, 0.15) is 12.4 Å². The van der Waals surface area contributed by atoms with Crippen molar-refractivity contribution < 1.29 is 25.8 Å². The Bertz CT molecular complexity index is 1290. The number of halogens is 3. The summed E-state index contributed by atoms with van der Waals surface area (Å²) in [6.45, 7) is 4.42. The van der Waals surface area contributed by atoms with Crippen LogP contribution in [-0.2, 0) is 12.8 Å². The molecule has 4 atom stereocenters. The van der Waals surface area contributed by atoms with E-state index < -0.39 is 11.7 Å². The number of aromatic amines is 2. The molecule has 0 aliphatic carbocycles. The summed E-state index contributed by atoms with van der Waals surface area (Å²) in [7, 11) is 0. The molecule has 3 heterocycles. The number of benzene rings is 2. The molecule has 0 aliphatic rings. The van der Waals surface area contributed by atoms with E-state index in [9.17, 15) is 0 Å². The largest absolute Gasteiger partial charge is 1.00 e. The molecule has 0 amide bonds. The standard InChI is InChI=1S/C27H33B2Cl2N6.ClH/c1-24(19-26-9-5-3-6-10-26)28(30,34-15-13-32-21-34)36-17-18-37(23-36)29(31,35-16-14-33-22-35)25(2)20-27-11-7-4-8-12-27;/h3-18,21-25,32-33H,19-20H2,1-2H3;1H/q+1;/p-1/t24-,25+,28?,29?;. The van der Waals surface area contributed by atoms with Gasteiger partial charge in [-0.2, -0.15) is 0 Å². The van der Waals surface area contributed by atoms with E-state index in [1.165, 1.54) is 11.1 Å². The lowest BCUT2D eigenvalue weighted by Gasteiger charge is -2.35. The van der Waals surface area contributed by atoms with E-state index in [1.54, 1.807) is 0 Å². The summed E-state index contributed by atoms with van der Waals surface area (Å²) in [4.78, 5) is 6.34. The molecule has 0 saturated carbocycles. The molecule has 198 valence electrons. The molecule has 5 rings (SSSR count). The van der Waals surface area contributed by atoms with Gasteiger partial charge in [0.15, 0.2) is 19.0 Å². The van der Waals surface area contributed by atoms with Crippen molar-refractivity contribution in [2.45, 2.75) is 38.3 Å². The number of hydrogen-bond acceptors (Lipinski definition) is 0. The highest BCUT2D eigenvalue weighted by molar-refractivity contribution is 7.15. The van der Waals surface area contributed by atoms with E-state index in [4.69, 9.17) is 22.9 Å². The van der Waals surface area contributed by atoms with Crippen molar-refractivity contribution >= 4 is 34.6 Å². The van der Waals surface area contributed by atoms with E-state index in [2.05, 4.69) is 109 Å². The smallest absolute Gasteiger partial charge is 0.470 e. The number of nitrogens with zero attached hydrogens (tertiary/aromatic N) is 4. The summed E-state index contributed by atoms with van der Waals surface area (Å²) < 4.78 is 8.42. The van der Waals surface area contributed by atoms with Crippen LogP contribution in [-0.4, -0.2) is 26.1 Å². The fraction of sp³-hybridized carbons (Fsp3) is 0.222. The van der Waals surface area contributed by atoms with Gasteiger partial charge in [0.2, 0.25) is 0 Å². The molecule has 2 aromatic carbocycles. The summed E-state index contributed by atoms with van der Waals surface area (Å²) >= 11 is 15.3. The van der Waals surface area contributed by atoms with Crippen LogP contribution in [0.1, 0.15) is 25.0 Å². The van der Waals surface area contributed by atoms with Crippen molar-refractivity contribution in [1.29, 1.82) is 0 Å². The molecule has 0 radical (unpaired) electrons. The van der Waals surface area contributed by atoms with Crippen molar-refractivity contribution in [2.24, 2.45) is 0 Å². The summed E-state index contributed by atoms with van der Waals surface area (Å²) in [5.74, 6) is -3.27. The van der Waals surface area contributed by atoms with Gasteiger partial charge in [-0.05, 0) is 12.8 Å². The van der Waals surface area contributed by atoms with Crippen LogP contribution < -0.4 is 25.8 Å². The monoisotopic (exact) mass is 568 g/mol. The van der Waals surface area contributed by atoms with Gasteiger partial charge in [-0.1, -0.05) is 97.3 Å². The van der Waals surface area contributed by atoms with Crippen molar-refractivity contribution in [1.82, 2.24) is 14.4 Å². The second kappa shape index (κ2) is 11.9. The predicted octanol–water partition coefficient (Wildman–Crippen LogP) is 1.42. The zero-order valence-corrected chi connectivity index (χ0v) is 23.9. The minimum absolute atomic E-state index is 0. The molecule has 0 fully saturated rings. The first kappa shape index (κ1) is 28.1. The van der Waals surface area contributed by atoms with Crippen LogP contribution >= 0.6 is 22.9 Å². The molecule has 0 spiro atoms. The molecule has 2 unspecified atom stereocenters. The third kappa shape index (κ3) is 5.31. The SMILES string of the molecule is C[C@H](Cc1ccccc1)[B-](Cl)([n+]1cc[nH]c1)[n+]1ccn([B-](Cl)([C@@H](C)Cc2ccccc2)[n+]2cc[nH]c2)c1.[Cl-]. The van der Waals surface area contributed by atoms with Crippen LogP contribution in [0.5, 0.6) is 0 Å². The highest BCUT2D eigenvalue weighted by Gasteiger charge is 2.48. The Labute approximate surface area is 240 Å². The first-order chi connectivity index (χ1) is 17.9. The molecule has 6 nitrogen and oxygen atoms in total. The maximum Gasteiger partial charge on any atom is 0.470 e. The zero-order valence-electron chi connectivity index (χ0n) is 21.6. The number of H-pyrrole nitrogens is 2. The van der Waals surface area contributed by atoms with Gasteiger partial charge in [0.25, 0.3) is 0 Å². The Morgan fingerprint density at radius 2 is 1.26 bits per heavy atom. The summed E-state index contributed by atoms with van der Waals surface area (Å²) in [5.41, 5.74) is 2.52. The number of rotatable bonds is 10. The van der Waals surface area contributed by atoms with Crippen molar-refractivity contribution in [3.05, 3.63) is 128 Å². The van der Waals surface area contributed by atoms with Crippen LogP contribution in [0.15, 0.2) is 117 Å². The molecule has 0 bridgehead atoms. The normalized spacial score (nSPS) is 16.1. The Morgan fingerprint density at radius 1 is 0.737 bits per heavy atom. The quantitative estimate of drug-likeness (QED) is 0.239. The number of hydrogen-bond donors (Lipinski definition) is 2. The van der Waals surface area contributed by atoms with Crippen molar-refractivity contribution in [2.75, 3.05) is 0 Å². The van der Waals surface area contributed by atoms with Crippen LogP contribution in [0.4, 0.5) is 0 Å². The first-order valence-electron chi connectivity index (χ1n) is 12.9. The third-order valence-electron chi connectivity index (χ3n) is 7.73. The second-order valence-electron chi connectivity index (χ2n) is 10.2. The minimum atomic E-state index is -1.75. The zero-order chi connectivity index (χ0) is 25.9. The Hall–Kier alpha value is -2.93. The number of aromatic nitrogens is 6. The Kier molecular flexibility index (Phi) is 8.76. The summed E-state index contributed by atoms with van der Waals surface area (Å²) in [5, 5.41) is 0. The molecular weight excluding hydrogens is 536 g/mol. The van der Waals surface area contributed by atoms with Gasteiger partial charge in [0.05, 0.1) is 24.8 Å². The van der Waals surface area contributed by atoms with E-state index >= 15 is 0 Å². The molecule has 11 heteroatoms. The van der Waals surface area contributed by atoms with Gasteiger partial charge in [0, 0.05) is 0 Å². The predicted molar refractivity (Wildman–Crippen MR) is 151 cm³/mol. The first-order valence-corrected chi connectivity index (χ1v) is 13.7. The minimum Gasteiger partial charge on any atom is -1.00 e. The van der Waals surface area contributed by atoms with Crippen molar-refractivity contribution in [3.63, 3.8) is 0 Å². The fourth-order valence-corrected chi connectivity index (χ4v) is 6.27. The van der Waals surface area contributed by atoms with Crippen LogP contribution in [0, 0.1) is 0 Å². The average Bonchev–Trinajstić information content (AvgIpc) is 3.72. The van der Waals surface area contributed by atoms with Crippen molar-refractivity contribution in [3.8, 4) is 0 Å². The molecule has 0 saturated heterocycles. The fourth-order valence-electron chi connectivity index (χ4n) is 5.62. The van der Waals surface area contributed by atoms with Crippen LogP contribution in [0.3, 0.4) is 0 Å².